The first-order valence-corrected chi connectivity index (χ1v) is 10.0. The number of nitrogens with zero attached hydrogens (tertiary/aromatic N) is 5. The number of carbonyl (C=O) groups excluding carboxylic acids is 2. The number of aryl methyl sites for hydroxylation is 2. The number of carbonyl (C=O) groups is 2. The van der Waals surface area contributed by atoms with E-state index in [0.29, 0.717) is 37.9 Å². The Morgan fingerprint density at radius 3 is 2.77 bits per heavy atom. The lowest BCUT2D eigenvalue weighted by molar-refractivity contribution is -0.148. The Kier molecular flexibility index (Phi) is 4.71. The summed E-state index contributed by atoms with van der Waals surface area (Å²) in [6.45, 7) is 2.22. The van der Waals surface area contributed by atoms with Gasteiger partial charge in [0.2, 0.25) is 11.8 Å². The van der Waals surface area contributed by atoms with Crippen molar-refractivity contribution < 1.29 is 9.59 Å². The second kappa shape index (κ2) is 7.00. The molecule has 0 radical (unpaired) electrons. The lowest BCUT2D eigenvalue weighted by atomic mass is 9.77. The summed E-state index contributed by atoms with van der Waals surface area (Å²) in [5.41, 5.74) is -0.318. The summed E-state index contributed by atoms with van der Waals surface area (Å²) in [4.78, 5) is 30.0. The SMILES string of the molecule is Cn1cnnc1CCC(=O)N1CCC2(CCCN(C3CCCC3)C2=O)C1. The molecule has 0 bridgehead atoms. The van der Waals surface area contributed by atoms with Crippen molar-refractivity contribution in [2.45, 2.75) is 63.8 Å². The largest absolute Gasteiger partial charge is 0.342 e. The lowest BCUT2D eigenvalue weighted by Gasteiger charge is -2.42. The third kappa shape index (κ3) is 3.12. The van der Waals surface area contributed by atoms with Crippen molar-refractivity contribution in [3.63, 3.8) is 0 Å². The number of likely N-dealkylation sites (tertiary alicyclic amines) is 2. The number of hydrogen-bond donors (Lipinski definition) is 0. The van der Waals surface area contributed by atoms with Crippen LogP contribution in [0.1, 0.15) is 57.2 Å². The van der Waals surface area contributed by atoms with Crippen LogP contribution in [0.3, 0.4) is 0 Å². The summed E-state index contributed by atoms with van der Waals surface area (Å²) in [6.07, 6.45) is 10.3. The Hall–Kier alpha value is -1.92. The van der Waals surface area contributed by atoms with Crippen LogP contribution in [0, 0.1) is 5.41 Å². The molecule has 1 saturated carbocycles. The van der Waals surface area contributed by atoms with Gasteiger partial charge >= 0.3 is 0 Å². The first kappa shape index (κ1) is 17.5. The van der Waals surface area contributed by atoms with Crippen molar-refractivity contribution in [1.82, 2.24) is 24.6 Å². The summed E-state index contributed by atoms with van der Waals surface area (Å²) >= 11 is 0. The minimum atomic E-state index is -0.318. The van der Waals surface area contributed by atoms with Crippen LogP contribution in [0.25, 0.3) is 0 Å². The zero-order valence-electron chi connectivity index (χ0n) is 15.7. The molecule has 1 spiro atoms. The molecule has 7 nitrogen and oxygen atoms in total. The molecule has 0 N–H and O–H groups in total. The number of piperidine rings is 1. The Morgan fingerprint density at radius 2 is 2.04 bits per heavy atom. The fourth-order valence-corrected chi connectivity index (χ4v) is 5.04. The molecule has 2 saturated heterocycles. The van der Waals surface area contributed by atoms with E-state index in [1.54, 1.807) is 6.33 Å². The quantitative estimate of drug-likeness (QED) is 0.817. The molecule has 26 heavy (non-hydrogen) atoms. The highest BCUT2D eigenvalue weighted by atomic mass is 16.2. The van der Waals surface area contributed by atoms with E-state index in [9.17, 15) is 9.59 Å². The molecule has 4 rings (SSSR count). The number of aromatic nitrogens is 3. The van der Waals surface area contributed by atoms with Gasteiger partial charge in [-0.25, -0.2) is 0 Å². The summed E-state index contributed by atoms with van der Waals surface area (Å²) in [5, 5.41) is 7.90. The van der Waals surface area contributed by atoms with E-state index < -0.39 is 0 Å². The zero-order chi connectivity index (χ0) is 18.1. The number of rotatable bonds is 4. The van der Waals surface area contributed by atoms with Gasteiger partial charge in [-0.1, -0.05) is 12.8 Å². The van der Waals surface area contributed by atoms with E-state index >= 15 is 0 Å². The Morgan fingerprint density at radius 1 is 1.23 bits per heavy atom. The maximum absolute atomic E-state index is 13.3. The minimum absolute atomic E-state index is 0.135. The maximum Gasteiger partial charge on any atom is 0.230 e. The zero-order valence-corrected chi connectivity index (χ0v) is 15.7. The molecule has 1 aromatic rings. The van der Waals surface area contributed by atoms with Gasteiger partial charge in [-0.05, 0) is 32.1 Å². The molecule has 2 aliphatic heterocycles. The maximum atomic E-state index is 13.3. The summed E-state index contributed by atoms with van der Waals surface area (Å²) < 4.78 is 1.85. The van der Waals surface area contributed by atoms with Crippen LogP contribution in [0.5, 0.6) is 0 Å². The number of hydrogen-bond acceptors (Lipinski definition) is 4. The van der Waals surface area contributed by atoms with Gasteiger partial charge in [0.15, 0.2) is 0 Å². The highest BCUT2D eigenvalue weighted by molar-refractivity contribution is 5.86. The van der Waals surface area contributed by atoms with Gasteiger partial charge in [0, 0.05) is 45.6 Å². The standard InChI is InChI=1S/C19H29N5O2/c1-22-14-20-21-16(22)7-8-17(25)23-12-10-19(13-23)9-4-11-24(18(19)26)15-5-2-3-6-15/h14-15H,2-13H2,1H3. The van der Waals surface area contributed by atoms with Crippen LogP contribution in [0.4, 0.5) is 0 Å². The molecule has 2 amide bonds. The van der Waals surface area contributed by atoms with Crippen LogP contribution in [0.15, 0.2) is 6.33 Å². The lowest BCUT2D eigenvalue weighted by Crippen LogP contribution is -2.53. The van der Waals surface area contributed by atoms with E-state index in [1.165, 1.54) is 12.8 Å². The second-order valence-electron chi connectivity index (χ2n) is 8.24. The Bertz CT molecular complexity index is 681. The highest BCUT2D eigenvalue weighted by Gasteiger charge is 2.50. The average molecular weight is 359 g/mol. The van der Waals surface area contributed by atoms with E-state index in [-0.39, 0.29) is 11.3 Å². The molecule has 1 aromatic heterocycles. The van der Waals surface area contributed by atoms with Crippen molar-refractivity contribution in [2.75, 3.05) is 19.6 Å². The average Bonchev–Trinajstić information content (AvgIpc) is 3.37. The van der Waals surface area contributed by atoms with Crippen LogP contribution >= 0.6 is 0 Å². The van der Waals surface area contributed by atoms with Gasteiger partial charge < -0.3 is 14.4 Å². The van der Waals surface area contributed by atoms with Crippen LogP contribution in [-0.4, -0.2) is 62.1 Å². The third-order valence-electron chi connectivity index (χ3n) is 6.61. The van der Waals surface area contributed by atoms with E-state index in [0.717, 1.165) is 44.5 Å². The molecule has 7 heteroatoms. The van der Waals surface area contributed by atoms with E-state index in [1.807, 2.05) is 16.5 Å². The van der Waals surface area contributed by atoms with Crippen LogP contribution in [0.2, 0.25) is 0 Å². The molecule has 142 valence electrons. The van der Waals surface area contributed by atoms with Crippen molar-refractivity contribution in [1.29, 1.82) is 0 Å². The summed E-state index contributed by atoms with van der Waals surface area (Å²) in [6, 6.07) is 0.445. The molecule has 0 aromatic carbocycles. The van der Waals surface area contributed by atoms with E-state index in [2.05, 4.69) is 15.1 Å². The van der Waals surface area contributed by atoms with Crippen molar-refractivity contribution >= 4 is 11.8 Å². The predicted molar refractivity (Wildman–Crippen MR) is 96.2 cm³/mol. The molecular formula is C19H29N5O2. The molecule has 3 fully saturated rings. The normalized spacial score (nSPS) is 27.0. The molecule has 1 aliphatic carbocycles. The van der Waals surface area contributed by atoms with Gasteiger partial charge in [-0.15, -0.1) is 10.2 Å². The van der Waals surface area contributed by atoms with Gasteiger partial charge in [-0.2, -0.15) is 0 Å². The first-order valence-electron chi connectivity index (χ1n) is 10.0. The predicted octanol–water partition coefficient (Wildman–Crippen LogP) is 1.53. The first-order chi connectivity index (χ1) is 12.6. The van der Waals surface area contributed by atoms with Gasteiger partial charge in [0.1, 0.15) is 12.2 Å². The van der Waals surface area contributed by atoms with Crippen LogP contribution in [-0.2, 0) is 23.1 Å². The van der Waals surface area contributed by atoms with Crippen LogP contribution < -0.4 is 0 Å². The Balaban J connectivity index is 1.37. The van der Waals surface area contributed by atoms with Crippen molar-refractivity contribution in [3.8, 4) is 0 Å². The highest BCUT2D eigenvalue weighted by Crippen LogP contribution is 2.42. The number of amides is 2. The molecule has 1 unspecified atom stereocenters. The van der Waals surface area contributed by atoms with E-state index in [4.69, 9.17) is 0 Å². The minimum Gasteiger partial charge on any atom is -0.342 e. The van der Waals surface area contributed by atoms with Crippen molar-refractivity contribution in [3.05, 3.63) is 12.2 Å². The topological polar surface area (TPSA) is 71.3 Å². The summed E-state index contributed by atoms with van der Waals surface area (Å²) in [7, 11) is 1.89. The van der Waals surface area contributed by atoms with Gasteiger partial charge in [0.05, 0.1) is 5.41 Å². The fourth-order valence-electron chi connectivity index (χ4n) is 5.04. The molecule has 3 aliphatic rings. The molecular weight excluding hydrogens is 330 g/mol. The molecule has 1 atom stereocenters. The van der Waals surface area contributed by atoms with Crippen molar-refractivity contribution in [2.24, 2.45) is 12.5 Å². The smallest absolute Gasteiger partial charge is 0.230 e. The monoisotopic (exact) mass is 359 g/mol. The van der Waals surface area contributed by atoms with Gasteiger partial charge in [-0.3, -0.25) is 9.59 Å². The van der Waals surface area contributed by atoms with Gasteiger partial charge in [0.25, 0.3) is 0 Å². The molecule has 3 heterocycles. The Labute approximate surface area is 154 Å². The third-order valence-corrected chi connectivity index (χ3v) is 6.61. The fraction of sp³-hybridized carbons (Fsp3) is 0.789. The summed E-state index contributed by atoms with van der Waals surface area (Å²) in [5.74, 6) is 1.28. The second-order valence-corrected chi connectivity index (χ2v) is 8.24.